The Hall–Kier alpha value is -9.76. The molecule has 1 aromatic heterocycles. The maximum absolute atomic E-state index is 2.50. The van der Waals surface area contributed by atoms with Gasteiger partial charge in [-0.05, 0) is 173 Å². The summed E-state index contributed by atoms with van der Waals surface area (Å²) in [5.41, 5.74) is 29.5. The first kappa shape index (κ1) is 44.5. The number of aromatic nitrogens is 1. The van der Waals surface area contributed by atoms with Crippen LogP contribution in [0, 0.1) is 0 Å². The van der Waals surface area contributed by atoms with E-state index in [1.807, 2.05) is 0 Å². The molecular formula is C76H52N2. The second kappa shape index (κ2) is 16.9. The number of rotatable bonds is 7. The van der Waals surface area contributed by atoms with Crippen molar-refractivity contribution in [2.45, 2.75) is 24.7 Å². The van der Waals surface area contributed by atoms with Gasteiger partial charge in [-0.25, -0.2) is 0 Å². The second-order valence-corrected chi connectivity index (χ2v) is 21.9. The average molecular weight is 993 g/mol. The lowest BCUT2D eigenvalue weighted by Gasteiger charge is -2.30. The number of anilines is 3. The Bertz CT molecular complexity index is 4500. The third-order valence-electron chi connectivity index (χ3n) is 17.6. The molecule has 2 heteroatoms. The zero-order valence-corrected chi connectivity index (χ0v) is 43.5. The molecule has 0 bridgehead atoms. The van der Waals surface area contributed by atoms with Crippen molar-refractivity contribution in [1.29, 1.82) is 0 Å². The number of hydrogen-bond donors (Lipinski definition) is 0. The molecule has 0 amide bonds. The molecule has 0 saturated heterocycles. The zero-order chi connectivity index (χ0) is 51.7. The lowest BCUT2D eigenvalue weighted by atomic mass is 9.70. The van der Waals surface area contributed by atoms with E-state index in [0.717, 1.165) is 22.7 Å². The summed E-state index contributed by atoms with van der Waals surface area (Å²) < 4.78 is 2.50. The van der Waals surface area contributed by atoms with Crippen LogP contribution in [0.25, 0.3) is 94.3 Å². The molecule has 78 heavy (non-hydrogen) atoms. The molecule has 0 fully saturated rings. The van der Waals surface area contributed by atoms with E-state index in [0.29, 0.717) is 0 Å². The Morgan fingerprint density at radius 3 is 1.37 bits per heavy atom. The van der Waals surface area contributed by atoms with Gasteiger partial charge in [0, 0.05) is 38.9 Å². The molecule has 0 N–H and O–H groups in total. The van der Waals surface area contributed by atoms with Crippen LogP contribution in [-0.2, 0) is 10.8 Å². The molecule has 16 rings (SSSR count). The van der Waals surface area contributed by atoms with Crippen LogP contribution in [0.2, 0.25) is 0 Å². The largest absolute Gasteiger partial charge is 0.310 e. The normalized spacial score (nSPS) is 13.7. The van der Waals surface area contributed by atoms with Crippen molar-refractivity contribution in [1.82, 2.24) is 4.57 Å². The van der Waals surface area contributed by atoms with Crippen LogP contribution in [0.15, 0.2) is 279 Å². The van der Waals surface area contributed by atoms with Gasteiger partial charge in [0.15, 0.2) is 0 Å². The summed E-state index contributed by atoms with van der Waals surface area (Å²) in [6, 6.07) is 104. The Morgan fingerprint density at radius 2 is 0.731 bits per heavy atom. The minimum atomic E-state index is -0.442. The van der Waals surface area contributed by atoms with Crippen LogP contribution in [0.1, 0.15) is 47.2 Å². The maximum atomic E-state index is 2.50. The zero-order valence-electron chi connectivity index (χ0n) is 43.5. The third-order valence-corrected chi connectivity index (χ3v) is 17.6. The highest BCUT2D eigenvalue weighted by Gasteiger charge is 2.52. The minimum absolute atomic E-state index is 0.255. The molecule has 1 spiro atoms. The van der Waals surface area contributed by atoms with Crippen molar-refractivity contribution < 1.29 is 0 Å². The lowest BCUT2D eigenvalue weighted by Crippen LogP contribution is -2.25. The summed E-state index contributed by atoms with van der Waals surface area (Å²) in [7, 11) is 0. The predicted molar refractivity (Wildman–Crippen MR) is 326 cm³/mol. The fourth-order valence-corrected chi connectivity index (χ4v) is 14.1. The summed E-state index contributed by atoms with van der Waals surface area (Å²) >= 11 is 0. The highest BCUT2D eigenvalue weighted by atomic mass is 15.1. The topological polar surface area (TPSA) is 8.17 Å². The molecule has 0 saturated carbocycles. The monoisotopic (exact) mass is 992 g/mol. The van der Waals surface area contributed by atoms with Gasteiger partial charge in [-0.2, -0.15) is 0 Å². The molecule has 1 heterocycles. The number of hydrogen-bond acceptors (Lipinski definition) is 1. The van der Waals surface area contributed by atoms with Gasteiger partial charge < -0.3 is 9.47 Å². The van der Waals surface area contributed by atoms with Crippen LogP contribution in [0.4, 0.5) is 17.1 Å². The van der Waals surface area contributed by atoms with Gasteiger partial charge in [-0.3, -0.25) is 0 Å². The quantitative estimate of drug-likeness (QED) is 0.154. The van der Waals surface area contributed by atoms with E-state index in [-0.39, 0.29) is 5.41 Å². The van der Waals surface area contributed by atoms with E-state index in [1.165, 1.54) is 122 Å². The summed E-state index contributed by atoms with van der Waals surface area (Å²) in [5.74, 6) is 0. The molecule has 12 aromatic carbocycles. The Balaban J connectivity index is 0.857. The highest BCUT2D eigenvalue weighted by Crippen LogP contribution is 2.64. The maximum Gasteiger partial charge on any atom is 0.0725 e. The van der Waals surface area contributed by atoms with E-state index < -0.39 is 5.41 Å². The first-order chi connectivity index (χ1) is 38.4. The Labute approximate surface area is 455 Å². The molecule has 13 aromatic rings. The van der Waals surface area contributed by atoms with Crippen LogP contribution in [-0.4, -0.2) is 4.57 Å². The fourth-order valence-electron chi connectivity index (χ4n) is 14.1. The number of benzene rings is 12. The highest BCUT2D eigenvalue weighted by molar-refractivity contribution is 6.19. The van der Waals surface area contributed by atoms with E-state index >= 15 is 0 Å². The molecular weight excluding hydrogens is 941 g/mol. The predicted octanol–water partition coefficient (Wildman–Crippen LogP) is 19.9. The van der Waals surface area contributed by atoms with Gasteiger partial charge in [-0.15, -0.1) is 0 Å². The molecule has 0 atom stereocenters. The van der Waals surface area contributed by atoms with Gasteiger partial charge in [0.1, 0.15) is 0 Å². The third kappa shape index (κ3) is 6.32. The molecule has 0 aliphatic heterocycles. The Morgan fingerprint density at radius 1 is 0.295 bits per heavy atom. The van der Waals surface area contributed by atoms with Gasteiger partial charge in [-0.1, -0.05) is 220 Å². The standard InChI is InChI=1S/C76H52N2/c1-75(2)69-47-54(34-41-61(69)62-42-40-58(48-70(62)75)77(55-22-10-5-11-23-55)56-36-30-51(31-37-56)49-18-6-3-7-19-49)53-35-44-71-64(46-53)74-72(78(71)57-38-32-52(33-39-57)50-20-8-4-9-21-50)45-43-68-73(74)63-26-14-17-29-67(63)76(68)65-27-15-12-24-59(65)60-25-13-16-28-66(60)76/h3-48H,1-2H3. The van der Waals surface area contributed by atoms with Crippen LogP contribution in [0.5, 0.6) is 0 Å². The number of para-hydroxylation sites is 1. The van der Waals surface area contributed by atoms with E-state index in [9.17, 15) is 0 Å². The summed E-state index contributed by atoms with van der Waals surface area (Å²) in [6.07, 6.45) is 0. The summed E-state index contributed by atoms with van der Waals surface area (Å²) in [5, 5.41) is 2.55. The first-order valence-corrected chi connectivity index (χ1v) is 27.3. The van der Waals surface area contributed by atoms with Crippen molar-refractivity contribution in [2.24, 2.45) is 0 Å². The lowest BCUT2D eigenvalue weighted by molar-refractivity contribution is 0.660. The van der Waals surface area contributed by atoms with Crippen molar-refractivity contribution in [3.8, 4) is 72.4 Å². The summed E-state index contributed by atoms with van der Waals surface area (Å²) in [4.78, 5) is 2.39. The number of nitrogens with zero attached hydrogens (tertiary/aromatic N) is 2. The molecule has 0 unspecified atom stereocenters. The van der Waals surface area contributed by atoms with E-state index in [4.69, 9.17) is 0 Å². The first-order valence-electron chi connectivity index (χ1n) is 27.3. The molecule has 3 aliphatic rings. The van der Waals surface area contributed by atoms with Gasteiger partial charge in [0.25, 0.3) is 0 Å². The van der Waals surface area contributed by atoms with Crippen LogP contribution in [0.3, 0.4) is 0 Å². The van der Waals surface area contributed by atoms with E-state index in [2.05, 4.69) is 302 Å². The van der Waals surface area contributed by atoms with Gasteiger partial charge >= 0.3 is 0 Å². The molecule has 2 nitrogen and oxygen atoms in total. The smallest absolute Gasteiger partial charge is 0.0725 e. The Kier molecular flexibility index (Phi) is 9.63. The summed E-state index contributed by atoms with van der Waals surface area (Å²) in [6.45, 7) is 4.81. The second-order valence-electron chi connectivity index (χ2n) is 21.9. The van der Waals surface area contributed by atoms with Crippen molar-refractivity contribution in [3.63, 3.8) is 0 Å². The fraction of sp³-hybridized carbons (Fsp3) is 0.0526. The van der Waals surface area contributed by atoms with Crippen LogP contribution < -0.4 is 4.90 Å². The van der Waals surface area contributed by atoms with Gasteiger partial charge in [0.05, 0.1) is 16.4 Å². The minimum Gasteiger partial charge on any atom is -0.310 e. The average Bonchev–Trinajstić information content (AvgIpc) is 3.92. The van der Waals surface area contributed by atoms with Crippen molar-refractivity contribution in [2.75, 3.05) is 4.90 Å². The molecule has 3 aliphatic carbocycles. The SMILES string of the molecule is CC1(C)c2cc(-c3ccc4c(c3)c3c5c(ccc3n4-c3ccc(-c4ccccc4)cc3)C3(c4ccccc4-c4ccccc43)c3ccccc3-5)ccc2-c2ccc(N(c3ccccc3)c3ccc(-c4ccccc4)cc3)cc21. The van der Waals surface area contributed by atoms with Crippen molar-refractivity contribution in [3.05, 3.63) is 312 Å². The molecule has 366 valence electrons. The van der Waals surface area contributed by atoms with Crippen LogP contribution >= 0.6 is 0 Å². The molecule has 0 radical (unpaired) electrons. The van der Waals surface area contributed by atoms with E-state index in [1.54, 1.807) is 0 Å². The van der Waals surface area contributed by atoms with Crippen molar-refractivity contribution >= 4 is 38.9 Å². The van der Waals surface area contributed by atoms with Gasteiger partial charge in [0.2, 0.25) is 0 Å². The number of fused-ring (bicyclic) bond motifs is 17.